The fourth-order valence-corrected chi connectivity index (χ4v) is 4.29. The molecule has 156 valence electrons. The molecule has 1 aromatic rings. The molecule has 2 aliphatic rings. The molecule has 0 radical (unpaired) electrons. The number of nitrogens with one attached hydrogen (secondary N) is 2. The minimum absolute atomic E-state index is 0.501. The van der Waals surface area contributed by atoms with Crippen LogP contribution in [0, 0.1) is 5.41 Å². The monoisotopic (exact) mass is 385 g/mol. The van der Waals surface area contributed by atoms with Crippen LogP contribution < -0.4 is 10.6 Å². The van der Waals surface area contributed by atoms with E-state index in [-0.39, 0.29) is 0 Å². The quantitative estimate of drug-likeness (QED) is 0.559. The molecule has 1 saturated heterocycles. The number of likely N-dealkylation sites (N-methyl/N-ethyl adjacent to an activating group) is 1. The summed E-state index contributed by atoms with van der Waals surface area (Å²) in [5, 5.41) is 7.00. The topological polar surface area (TPSA) is 42.9 Å². The van der Waals surface area contributed by atoms with E-state index in [9.17, 15) is 0 Å². The van der Waals surface area contributed by atoms with Crippen molar-refractivity contribution >= 4 is 5.96 Å². The molecule has 2 fully saturated rings. The van der Waals surface area contributed by atoms with E-state index in [1.54, 1.807) is 0 Å². The highest BCUT2D eigenvalue weighted by atomic mass is 15.2. The summed E-state index contributed by atoms with van der Waals surface area (Å²) >= 11 is 0. The molecule has 0 atom stereocenters. The lowest BCUT2D eigenvalue weighted by molar-refractivity contribution is 0.131. The Hall–Kier alpha value is -1.59. The van der Waals surface area contributed by atoms with Gasteiger partial charge in [0, 0.05) is 39.8 Å². The number of benzene rings is 1. The Morgan fingerprint density at radius 3 is 2.39 bits per heavy atom. The number of hydrogen-bond acceptors (Lipinski definition) is 3. The van der Waals surface area contributed by atoms with Crippen molar-refractivity contribution in [1.29, 1.82) is 0 Å². The summed E-state index contributed by atoms with van der Waals surface area (Å²) in [7, 11) is 4.08. The average molecular weight is 386 g/mol. The van der Waals surface area contributed by atoms with Crippen LogP contribution in [-0.4, -0.2) is 62.6 Å². The summed E-state index contributed by atoms with van der Waals surface area (Å²) in [4.78, 5) is 9.40. The number of guanidine groups is 1. The molecular formula is C23H39N5. The fraction of sp³-hybridized carbons (Fsp3) is 0.696. The van der Waals surface area contributed by atoms with Crippen molar-refractivity contribution < 1.29 is 0 Å². The Bertz CT molecular complexity index is 615. The molecule has 3 rings (SSSR count). The Morgan fingerprint density at radius 1 is 1.00 bits per heavy atom. The molecule has 0 unspecified atom stereocenters. The summed E-state index contributed by atoms with van der Waals surface area (Å²) in [6.45, 7) is 9.98. The summed E-state index contributed by atoms with van der Waals surface area (Å²) in [6, 6.07) is 9.06. The van der Waals surface area contributed by atoms with Crippen molar-refractivity contribution in [2.24, 2.45) is 10.4 Å². The third-order valence-corrected chi connectivity index (χ3v) is 6.72. The molecule has 1 saturated carbocycles. The number of rotatable bonds is 7. The largest absolute Gasteiger partial charge is 0.356 e. The van der Waals surface area contributed by atoms with Crippen LogP contribution in [0.5, 0.6) is 0 Å². The predicted octanol–water partition coefficient (Wildman–Crippen LogP) is 3.07. The van der Waals surface area contributed by atoms with Gasteiger partial charge in [0.2, 0.25) is 0 Å². The third kappa shape index (κ3) is 5.95. The van der Waals surface area contributed by atoms with Gasteiger partial charge in [-0.25, -0.2) is 0 Å². The van der Waals surface area contributed by atoms with Crippen LogP contribution >= 0.6 is 0 Å². The average Bonchev–Trinajstić information content (AvgIpc) is 2.89. The molecule has 0 spiro atoms. The molecule has 1 aliphatic carbocycles. The zero-order valence-electron chi connectivity index (χ0n) is 18.1. The van der Waals surface area contributed by atoms with Crippen LogP contribution in [-0.2, 0) is 13.1 Å². The fourth-order valence-electron chi connectivity index (χ4n) is 4.29. The Balaban J connectivity index is 1.43. The predicted molar refractivity (Wildman–Crippen MR) is 119 cm³/mol. The highest BCUT2D eigenvalue weighted by Gasteiger charge is 2.34. The van der Waals surface area contributed by atoms with Crippen molar-refractivity contribution in [1.82, 2.24) is 20.4 Å². The lowest BCUT2D eigenvalue weighted by Crippen LogP contribution is -2.46. The minimum atomic E-state index is 0.501. The van der Waals surface area contributed by atoms with Crippen LogP contribution in [0.1, 0.15) is 50.2 Å². The third-order valence-electron chi connectivity index (χ3n) is 6.72. The van der Waals surface area contributed by atoms with E-state index in [1.807, 2.05) is 7.05 Å². The van der Waals surface area contributed by atoms with Crippen molar-refractivity contribution in [2.45, 2.75) is 52.1 Å². The van der Waals surface area contributed by atoms with Crippen molar-refractivity contribution in [2.75, 3.05) is 46.8 Å². The first kappa shape index (κ1) is 21.1. The van der Waals surface area contributed by atoms with Gasteiger partial charge in [-0.05, 0) is 62.4 Å². The van der Waals surface area contributed by atoms with Crippen LogP contribution in [0.4, 0.5) is 0 Å². The van der Waals surface area contributed by atoms with Crippen molar-refractivity contribution in [3.63, 3.8) is 0 Å². The normalized spacial score (nSPS) is 21.0. The molecule has 0 amide bonds. The number of hydrogen-bond donors (Lipinski definition) is 2. The van der Waals surface area contributed by atoms with Gasteiger partial charge < -0.3 is 15.5 Å². The first-order valence-corrected chi connectivity index (χ1v) is 11.1. The summed E-state index contributed by atoms with van der Waals surface area (Å²) in [5.41, 5.74) is 3.21. The molecule has 1 heterocycles. The summed E-state index contributed by atoms with van der Waals surface area (Å²) in [6.07, 6.45) is 6.60. The molecule has 0 bridgehead atoms. The Morgan fingerprint density at radius 2 is 1.75 bits per heavy atom. The SMILES string of the molecule is CCC1(CNC(=NC)NCc2ccc(CN3CCCN(C)CC3)cc2)CCC1. The highest BCUT2D eigenvalue weighted by molar-refractivity contribution is 5.79. The molecule has 1 aromatic carbocycles. The zero-order valence-corrected chi connectivity index (χ0v) is 18.1. The maximum atomic E-state index is 4.39. The molecular weight excluding hydrogens is 346 g/mol. The van der Waals surface area contributed by atoms with Gasteiger partial charge in [0.15, 0.2) is 5.96 Å². The Kier molecular flexibility index (Phi) is 7.74. The Labute approximate surface area is 171 Å². The van der Waals surface area contributed by atoms with E-state index in [0.717, 1.165) is 25.6 Å². The van der Waals surface area contributed by atoms with Gasteiger partial charge in [0.1, 0.15) is 0 Å². The molecule has 0 aromatic heterocycles. The summed E-state index contributed by atoms with van der Waals surface area (Å²) < 4.78 is 0. The standard InChI is InChI=1S/C23H39N5/c1-4-23(11-5-12-23)19-26-22(24-2)25-17-20-7-9-21(10-8-20)18-28-14-6-13-27(3)15-16-28/h7-10H,4-6,11-19H2,1-3H3,(H2,24,25,26). The second-order valence-corrected chi connectivity index (χ2v) is 8.74. The van der Waals surface area contributed by atoms with E-state index in [1.165, 1.54) is 69.4 Å². The van der Waals surface area contributed by atoms with Gasteiger partial charge >= 0.3 is 0 Å². The molecule has 1 aliphatic heterocycles. The van der Waals surface area contributed by atoms with Crippen molar-refractivity contribution in [3.8, 4) is 0 Å². The molecule has 5 heteroatoms. The lowest BCUT2D eigenvalue weighted by atomic mass is 9.67. The maximum Gasteiger partial charge on any atom is 0.191 e. The summed E-state index contributed by atoms with van der Waals surface area (Å²) in [5.74, 6) is 0.914. The molecule has 28 heavy (non-hydrogen) atoms. The van der Waals surface area contributed by atoms with E-state index in [4.69, 9.17) is 0 Å². The van der Waals surface area contributed by atoms with Crippen LogP contribution in [0.2, 0.25) is 0 Å². The molecule has 2 N–H and O–H groups in total. The van der Waals surface area contributed by atoms with Gasteiger partial charge in [0.05, 0.1) is 0 Å². The van der Waals surface area contributed by atoms with Gasteiger partial charge in [-0.15, -0.1) is 0 Å². The first-order valence-electron chi connectivity index (χ1n) is 11.1. The zero-order chi connectivity index (χ0) is 19.8. The lowest BCUT2D eigenvalue weighted by Gasteiger charge is -2.41. The number of nitrogens with zero attached hydrogens (tertiary/aromatic N) is 3. The van der Waals surface area contributed by atoms with E-state index in [0.29, 0.717) is 5.41 Å². The van der Waals surface area contributed by atoms with Crippen LogP contribution in [0.3, 0.4) is 0 Å². The smallest absolute Gasteiger partial charge is 0.191 e. The van der Waals surface area contributed by atoms with E-state index in [2.05, 4.69) is 63.7 Å². The van der Waals surface area contributed by atoms with E-state index >= 15 is 0 Å². The van der Waals surface area contributed by atoms with Crippen LogP contribution in [0.15, 0.2) is 29.3 Å². The minimum Gasteiger partial charge on any atom is -0.356 e. The number of aliphatic imine (C=N–C) groups is 1. The van der Waals surface area contributed by atoms with Gasteiger partial charge in [-0.3, -0.25) is 9.89 Å². The second kappa shape index (κ2) is 10.3. The van der Waals surface area contributed by atoms with Gasteiger partial charge in [-0.1, -0.05) is 37.6 Å². The van der Waals surface area contributed by atoms with Gasteiger partial charge in [0.25, 0.3) is 0 Å². The highest BCUT2D eigenvalue weighted by Crippen LogP contribution is 2.42. The van der Waals surface area contributed by atoms with Gasteiger partial charge in [-0.2, -0.15) is 0 Å². The molecule has 5 nitrogen and oxygen atoms in total. The second-order valence-electron chi connectivity index (χ2n) is 8.74. The van der Waals surface area contributed by atoms with E-state index < -0.39 is 0 Å². The van der Waals surface area contributed by atoms with Crippen LogP contribution in [0.25, 0.3) is 0 Å². The van der Waals surface area contributed by atoms with Crippen molar-refractivity contribution in [3.05, 3.63) is 35.4 Å². The maximum absolute atomic E-state index is 4.39. The first-order chi connectivity index (χ1) is 13.6.